The van der Waals surface area contributed by atoms with Crippen LogP contribution in [0.4, 0.5) is 15.9 Å². The van der Waals surface area contributed by atoms with Crippen LogP contribution in [0.2, 0.25) is 5.28 Å². The Labute approximate surface area is 103 Å². The summed E-state index contributed by atoms with van der Waals surface area (Å²) in [6.45, 7) is 1.97. The van der Waals surface area contributed by atoms with Crippen molar-refractivity contribution in [1.82, 2.24) is 19.7 Å². The molecule has 5 nitrogen and oxygen atoms in total. The maximum absolute atomic E-state index is 13.4. The summed E-state index contributed by atoms with van der Waals surface area (Å²) in [6.07, 6.45) is 3.53. The normalized spacial score (nSPS) is 10.6. The molecular formula is C10H11ClFN5. The molecule has 0 aliphatic heterocycles. The zero-order valence-electron chi connectivity index (χ0n) is 9.41. The molecule has 0 radical (unpaired) electrons. The van der Waals surface area contributed by atoms with Crippen LogP contribution < -0.4 is 5.32 Å². The molecule has 7 heteroatoms. The van der Waals surface area contributed by atoms with Crippen molar-refractivity contribution >= 4 is 23.1 Å². The second-order valence-electron chi connectivity index (χ2n) is 3.48. The van der Waals surface area contributed by atoms with Gasteiger partial charge in [-0.05, 0) is 18.0 Å². The molecule has 0 saturated carbocycles. The number of nitrogens with zero attached hydrogens (tertiary/aromatic N) is 4. The van der Waals surface area contributed by atoms with E-state index in [4.69, 9.17) is 11.6 Å². The number of hydrogen-bond donors (Lipinski definition) is 1. The van der Waals surface area contributed by atoms with Crippen molar-refractivity contribution in [2.45, 2.75) is 13.3 Å². The zero-order chi connectivity index (χ0) is 12.4. The van der Waals surface area contributed by atoms with Gasteiger partial charge < -0.3 is 5.32 Å². The molecule has 0 aliphatic rings. The fourth-order valence-electron chi connectivity index (χ4n) is 1.46. The number of anilines is 2. The maximum atomic E-state index is 13.4. The van der Waals surface area contributed by atoms with Gasteiger partial charge >= 0.3 is 0 Å². The third-order valence-electron chi connectivity index (χ3n) is 2.21. The Balaban J connectivity index is 2.33. The number of aromatic nitrogens is 4. The van der Waals surface area contributed by atoms with Crippen LogP contribution >= 0.6 is 11.6 Å². The summed E-state index contributed by atoms with van der Waals surface area (Å²) in [5, 5.41) is 7.09. The molecule has 2 aromatic rings. The Hall–Kier alpha value is -1.69. The summed E-state index contributed by atoms with van der Waals surface area (Å²) in [5.74, 6) is -0.506. The van der Waals surface area contributed by atoms with Crippen molar-refractivity contribution in [3.05, 3.63) is 29.2 Å². The van der Waals surface area contributed by atoms with Crippen molar-refractivity contribution in [2.75, 3.05) is 5.32 Å². The Kier molecular flexibility index (Phi) is 3.23. The SMILES string of the molecule is CCc1nn(C)cc1Nc1nc(Cl)ncc1F. The predicted molar refractivity (Wildman–Crippen MR) is 62.9 cm³/mol. The van der Waals surface area contributed by atoms with Gasteiger partial charge in [-0.15, -0.1) is 0 Å². The van der Waals surface area contributed by atoms with Gasteiger partial charge in [0.1, 0.15) is 0 Å². The molecule has 0 atom stereocenters. The highest BCUT2D eigenvalue weighted by molar-refractivity contribution is 6.28. The third kappa shape index (κ3) is 2.52. The highest BCUT2D eigenvalue weighted by Gasteiger charge is 2.10. The molecule has 0 aliphatic carbocycles. The lowest BCUT2D eigenvalue weighted by atomic mass is 10.3. The van der Waals surface area contributed by atoms with Crippen LogP contribution in [0.1, 0.15) is 12.6 Å². The molecule has 90 valence electrons. The average Bonchev–Trinajstić information content (AvgIpc) is 2.64. The molecule has 0 spiro atoms. The van der Waals surface area contributed by atoms with Gasteiger partial charge in [-0.2, -0.15) is 10.1 Å². The van der Waals surface area contributed by atoms with Crippen molar-refractivity contribution in [3.8, 4) is 0 Å². The van der Waals surface area contributed by atoms with E-state index in [9.17, 15) is 4.39 Å². The molecule has 2 heterocycles. The van der Waals surface area contributed by atoms with Crippen molar-refractivity contribution in [1.29, 1.82) is 0 Å². The molecule has 0 fully saturated rings. The molecule has 0 amide bonds. The van der Waals surface area contributed by atoms with Gasteiger partial charge in [0.2, 0.25) is 5.28 Å². The number of hydrogen-bond acceptors (Lipinski definition) is 4. The molecular weight excluding hydrogens is 245 g/mol. The quantitative estimate of drug-likeness (QED) is 0.855. The fraction of sp³-hybridized carbons (Fsp3) is 0.300. The summed E-state index contributed by atoms with van der Waals surface area (Å²) < 4.78 is 15.1. The second kappa shape index (κ2) is 4.67. The molecule has 1 N–H and O–H groups in total. The first-order valence-electron chi connectivity index (χ1n) is 5.07. The van der Waals surface area contributed by atoms with E-state index in [0.717, 1.165) is 18.3 Å². The van der Waals surface area contributed by atoms with Crippen molar-refractivity contribution in [2.24, 2.45) is 7.05 Å². The van der Waals surface area contributed by atoms with Crippen molar-refractivity contribution < 1.29 is 4.39 Å². The van der Waals surface area contributed by atoms with E-state index in [1.165, 1.54) is 0 Å². The Morgan fingerprint density at radius 2 is 2.29 bits per heavy atom. The first-order chi connectivity index (χ1) is 8.10. The van der Waals surface area contributed by atoms with Gasteiger partial charge in [0.15, 0.2) is 11.6 Å². The highest BCUT2D eigenvalue weighted by Crippen LogP contribution is 2.21. The van der Waals surface area contributed by atoms with E-state index in [0.29, 0.717) is 5.69 Å². The summed E-state index contributed by atoms with van der Waals surface area (Å²) in [7, 11) is 1.80. The minimum absolute atomic E-state index is 0.00385. The number of nitrogens with one attached hydrogen (secondary N) is 1. The number of aryl methyl sites for hydroxylation is 2. The minimum Gasteiger partial charge on any atom is -0.335 e. The molecule has 0 unspecified atom stereocenters. The lowest BCUT2D eigenvalue weighted by Gasteiger charge is -2.05. The summed E-state index contributed by atoms with van der Waals surface area (Å²) in [4.78, 5) is 7.33. The van der Waals surface area contributed by atoms with E-state index in [2.05, 4.69) is 20.4 Å². The van der Waals surface area contributed by atoms with Gasteiger partial charge in [0.05, 0.1) is 17.6 Å². The first kappa shape index (κ1) is 11.8. The molecule has 0 aromatic carbocycles. The summed E-state index contributed by atoms with van der Waals surface area (Å²) in [6, 6.07) is 0. The Morgan fingerprint density at radius 3 is 3.00 bits per heavy atom. The van der Waals surface area contributed by atoms with Gasteiger partial charge in [0.25, 0.3) is 0 Å². The molecule has 17 heavy (non-hydrogen) atoms. The summed E-state index contributed by atoms with van der Waals surface area (Å²) in [5.41, 5.74) is 1.55. The molecule has 0 bridgehead atoms. The average molecular weight is 256 g/mol. The molecule has 2 aromatic heterocycles. The lowest BCUT2D eigenvalue weighted by molar-refractivity contribution is 0.619. The molecule has 2 rings (SSSR count). The van der Waals surface area contributed by atoms with Gasteiger partial charge in [-0.25, -0.2) is 9.37 Å². The van der Waals surface area contributed by atoms with E-state index < -0.39 is 5.82 Å². The topological polar surface area (TPSA) is 55.6 Å². The van der Waals surface area contributed by atoms with Gasteiger partial charge in [-0.1, -0.05) is 6.92 Å². The van der Waals surface area contributed by atoms with Gasteiger partial charge in [0, 0.05) is 13.2 Å². The van der Waals surface area contributed by atoms with Crippen molar-refractivity contribution in [3.63, 3.8) is 0 Å². The van der Waals surface area contributed by atoms with Crippen LogP contribution in [0.5, 0.6) is 0 Å². The summed E-state index contributed by atoms with van der Waals surface area (Å²) >= 11 is 5.61. The smallest absolute Gasteiger partial charge is 0.224 e. The standard InChI is InChI=1S/C10H11ClFN5/c1-3-7-8(5-17(2)16-7)14-9-6(12)4-13-10(11)15-9/h4-5H,3H2,1-2H3,(H,13,14,15). The van der Waals surface area contributed by atoms with E-state index in [1.807, 2.05) is 6.92 Å². The predicted octanol–water partition coefficient (Wildman–Crippen LogP) is 2.31. The Morgan fingerprint density at radius 1 is 1.53 bits per heavy atom. The molecule has 0 saturated heterocycles. The monoisotopic (exact) mass is 255 g/mol. The third-order valence-corrected chi connectivity index (χ3v) is 2.39. The largest absolute Gasteiger partial charge is 0.335 e. The van der Waals surface area contributed by atoms with E-state index in [1.54, 1.807) is 17.9 Å². The van der Waals surface area contributed by atoms with Gasteiger partial charge in [-0.3, -0.25) is 4.68 Å². The van der Waals surface area contributed by atoms with Crippen LogP contribution in [0, 0.1) is 5.82 Å². The maximum Gasteiger partial charge on any atom is 0.224 e. The van der Waals surface area contributed by atoms with Crippen LogP contribution in [0.15, 0.2) is 12.4 Å². The number of halogens is 2. The Bertz CT molecular complexity index is 539. The van der Waals surface area contributed by atoms with Crippen LogP contribution in [0.25, 0.3) is 0 Å². The first-order valence-corrected chi connectivity index (χ1v) is 5.45. The van der Waals surface area contributed by atoms with E-state index >= 15 is 0 Å². The van der Waals surface area contributed by atoms with E-state index in [-0.39, 0.29) is 11.1 Å². The highest BCUT2D eigenvalue weighted by atomic mass is 35.5. The van der Waals surface area contributed by atoms with Crippen LogP contribution in [-0.4, -0.2) is 19.7 Å². The number of rotatable bonds is 3. The minimum atomic E-state index is -0.555. The van der Waals surface area contributed by atoms with Crippen LogP contribution in [0.3, 0.4) is 0 Å². The fourth-order valence-corrected chi connectivity index (χ4v) is 1.59. The lowest BCUT2D eigenvalue weighted by Crippen LogP contribution is -2.00. The zero-order valence-corrected chi connectivity index (χ0v) is 10.2. The second-order valence-corrected chi connectivity index (χ2v) is 3.82. The van der Waals surface area contributed by atoms with Crippen LogP contribution in [-0.2, 0) is 13.5 Å².